The Morgan fingerprint density at radius 3 is 2.00 bits per heavy atom. The molecule has 0 bridgehead atoms. The van der Waals surface area contributed by atoms with Gasteiger partial charge in [0.25, 0.3) is 0 Å². The molecule has 0 aromatic heterocycles. The summed E-state index contributed by atoms with van der Waals surface area (Å²) in [5.41, 5.74) is 7.89. The Balaban J connectivity index is 2.24. The van der Waals surface area contributed by atoms with Gasteiger partial charge in [-0.3, -0.25) is 0 Å². The van der Waals surface area contributed by atoms with Gasteiger partial charge < -0.3 is 24.7 Å². The maximum atomic E-state index is 12.3. The van der Waals surface area contributed by atoms with E-state index in [2.05, 4.69) is 4.74 Å². The number of nitrogen functional groups attached to an aromatic ring is 1. The Hall–Kier alpha value is -2.70. The topological polar surface area (TPSA) is 62.9 Å². The minimum absolute atomic E-state index is 0.0243. The Morgan fingerprint density at radius 1 is 0.923 bits per heavy atom. The highest BCUT2D eigenvalue weighted by Gasteiger charge is 2.16. The SMILES string of the molecule is COc1cc(C[C@@H](C)c2ccc(OC(F)F)c(N)c2)cc(OC)c1OC. The van der Waals surface area contributed by atoms with Crippen molar-refractivity contribution in [2.75, 3.05) is 27.1 Å². The second-order valence-electron chi connectivity index (χ2n) is 5.81. The first-order chi connectivity index (χ1) is 12.4. The van der Waals surface area contributed by atoms with Crippen molar-refractivity contribution < 1.29 is 27.7 Å². The third-order valence-electron chi connectivity index (χ3n) is 4.09. The van der Waals surface area contributed by atoms with Crippen LogP contribution in [0.4, 0.5) is 14.5 Å². The molecule has 2 N–H and O–H groups in total. The number of nitrogens with two attached hydrogens (primary N) is 1. The van der Waals surface area contributed by atoms with Crippen molar-refractivity contribution in [3.8, 4) is 23.0 Å². The molecule has 26 heavy (non-hydrogen) atoms. The van der Waals surface area contributed by atoms with Gasteiger partial charge in [-0.2, -0.15) is 8.78 Å². The van der Waals surface area contributed by atoms with E-state index >= 15 is 0 Å². The van der Waals surface area contributed by atoms with Crippen LogP contribution in [0, 0.1) is 0 Å². The maximum absolute atomic E-state index is 12.3. The van der Waals surface area contributed by atoms with Gasteiger partial charge in [-0.25, -0.2) is 0 Å². The van der Waals surface area contributed by atoms with E-state index in [4.69, 9.17) is 19.9 Å². The molecule has 0 saturated carbocycles. The summed E-state index contributed by atoms with van der Waals surface area (Å²) in [4.78, 5) is 0. The number of ether oxygens (including phenoxy) is 4. The normalized spacial score (nSPS) is 12.0. The van der Waals surface area contributed by atoms with E-state index in [9.17, 15) is 8.78 Å². The van der Waals surface area contributed by atoms with Crippen molar-refractivity contribution in [2.24, 2.45) is 0 Å². The largest absolute Gasteiger partial charge is 0.493 e. The molecule has 2 aromatic carbocycles. The molecule has 0 aliphatic heterocycles. The first kappa shape index (κ1) is 19.6. The molecule has 0 heterocycles. The van der Waals surface area contributed by atoms with Crippen LogP contribution in [-0.4, -0.2) is 27.9 Å². The number of anilines is 1. The molecule has 0 aliphatic carbocycles. The molecule has 0 radical (unpaired) electrons. The summed E-state index contributed by atoms with van der Waals surface area (Å²) >= 11 is 0. The third kappa shape index (κ3) is 4.47. The van der Waals surface area contributed by atoms with Gasteiger partial charge in [-0.15, -0.1) is 0 Å². The van der Waals surface area contributed by atoms with Crippen molar-refractivity contribution in [1.29, 1.82) is 0 Å². The highest BCUT2D eigenvalue weighted by Crippen LogP contribution is 2.39. The van der Waals surface area contributed by atoms with Crippen LogP contribution in [0.3, 0.4) is 0 Å². The number of hydrogen-bond acceptors (Lipinski definition) is 5. The molecular formula is C19H23F2NO4. The molecule has 1 atom stereocenters. The van der Waals surface area contributed by atoms with Crippen LogP contribution in [0.25, 0.3) is 0 Å². The Labute approximate surface area is 151 Å². The fourth-order valence-corrected chi connectivity index (χ4v) is 2.80. The predicted molar refractivity (Wildman–Crippen MR) is 95.7 cm³/mol. The van der Waals surface area contributed by atoms with Crippen molar-refractivity contribution in [3.63, 3.8) is 0 Å². The van der Waals surface area contributed by atoms with Crippen LogP contribution in [-0.2, 0) is 6.42 Å². The number of hydrogen-bond donors (Lipinski definition) is 1. The van der Waals surface area contributed by atoms with Crippen molar-refractivity contribution in [2.45, 2.75) is 25.9 Å². The molecule has 5 nitrogen and oxygen atoms in total. The van der Waals surface area contributed by atoms with Crippen molar-refractivity contribution in [3.05, 3.63) is 41.5 Å². The van der Waals surface area contributed by atoms with E-state index in [1.807, 2.05) is 19.1 Å². The Morgan fingerprint density at radius 2 is 1.54 bits per heavy atom. The van der Waals surface area contributed by atoms with Crippen LogP contribution in [0.2, 0.25) is 0 Å². The van der Waals surface area contributed by atoms with E-state index < -0.39 is 6.61 Å². The van der Waals surface area contributed by atoms with Gasteiger partial charge in [-0.05, 0) is 47.7 Å². The average molecular weight is 367 g/mol. The van der Waals surface area contributed by atoms with Gasteiger partial charge in [-0.1, -0.05) is 13.0 Å². The van der Waals surface area contributed by atoms with E-state index in [1.54, 1.807) is 33.5 Å². The second kappa shape index (κ2) is 8.60. The van der Waals surface area contributed by atoms with E-state index in [0.717, 1.165) is 11.1 Å². The number of benzene rings is 2. The quantitative estimate of drug-likeness (QED) is 0.707. The monoisotopic (exact) mass is 367 g/mol. The molecule has 0 aliphatic rings. The third-order valence-corrected chi connectivity index (χ3v) is 4.09. The fourth-order valence-electron chi connectivity index (χ4n) is 2.80. The minimum Gasteiger partial charge on any atom is -0.493 e. The summed E-state index contributed by atoms with van der Waals surface area (Å²) in [5.74, 6) is 1.75. The van der Waals surface area contributed by atoms with E-state index in [0.29, 0.717) is 23.7 Å². The molecule has 2 rings (SSSR count). The molecule has 7 heteroatoms. The van der Waals surface area contributed by atoms with Crippen LogP contribution in [0.5, 0.6) is 23.0 Å². The number of alkyl halides is 2. The highest BCUT2D eigenvalue weighted by atomic mass is 19.3. The molecular weight excluding hydrogens is 344 g/mol. The van der Waals surface area contributed by atoms with Crippen LogP contribution < -0.4 is 24.7 Å². The highest BCUT2D eigenvalue weighted by molar-refractivity contribution is 5.56. The summed E-state index contributed by atoms with van der Waals surface area (Å²) in [5, 5.41) is 0. The summed E-state index contributed by atoms with van der Waals surface area (Å²) in [7, 11) is 4.67. The first-order valence-electron chi connectivity index (χ1n) is 8.02. The zero-order chi connectivity index (χ0) is 19.3. The van der Waals surface area contributed by atoms with E-state index in [1.165, 1.54) is 6.07 Å². The molecule has 142 valence electrons. The Kier molecular flexibility index (Phi) is 6.49. The van der Waals surface area contributed by atoms with Gasteiger partial charge in [0, 0.05) is 0 Å². The lowest BCUT2D eigenvalue weighted by Crippen LogP contribution is -2.06. The second-order valence-corrected chi connectivity index (χ2v) is 5.81. The van der Waals surface area contributed by atoms with Crippen LogP contribution in [0.1, 0.15) is 24.0 Å². The molecule has 2 aromatic rings. The summed E-state index contributed by atoms with van der Waals surface area (Å²) in [6.45, 7) is -0.884. The maximum Gasteiger partial charge on any atom is 0.387 e. The van der Waals surface area contributed by atoms with Gasteiger partial charge in [0.2, 0.25) is 5.75 Å². The van der Waals surface area contributed by atoms with Crippen molar-refractivity contribution in [1.82, 2.24) is 0 Å². The summed E-state index contributed by atoms with van der Waals surface area (Å²) in [6.07, 6.45) is 0.672. The van der Waals surface area contributed by atoms with Gasteiger partial charge >= 0.3 is 6.61 Å². The number of methoxy groups -OCH3 is 3. The summed E-state index contributed by atoms with van der Waals surface area (Å²) < 4.78 is 45.1. The average Bonchev–Trinajstić information content (AvgIpc) is 2.61. The smallest absolute Gasteiger partial charge is 0.387 e. The zero-order valence-corrected chi connectivity index (χ0v) is 15.2. The lowest BCUT2D eigenvalue weighted by molar-refractivity contribution is -0.0493. The van der Waals surface area contributed by atoms with Gasteiger partial charge in [0.05, 0.1) is 27.0 Å². The number of rotatable bonds is 8. The van der Waals surface area contributed by atoms with Crippen molar-refractivity contribution >= 4 is 5.69 Å². The fraction of sp³-hybridized carbons (Fsp3) is 0.368. The van der Waals surface area contributed by atoms with Crippen LogP contribution in [0.15, 0.2) is 30.3 Å². The standard InChI is InChI=1S/C19H23F2NO4/c1-11(13-5-6-15(14(22)10-13)26-19(20)21)7-12-8-16(23-2)18(25-4)17(9-12)24-3/h5-6,8-11,19H,7,22H2,1-4H3/t11-/m1/s1. The number of halogens is 2. The molecule has 0 fully saturated rings. The molecule has 0 saturated heterocycles. The zero-order valence-electron chi connectivity index (χ0n) is 15.2. The van der Waals surface area contributed by atoms with Crippen LogP contribution >= 0.6 is 0 Å². The van der Waals surface area contributed by atoms with Gasteiger partial charge in [0.1, 0.15) is 5.75 Å². The summed E-state index contributed by atoms with van der Waals surface area (Å²) in [6, 6.07) is 8.62. The minimum atomic E-state index is -2.90. The molecule has 0 amide bonds. The van der Waals surface area contributed by atoms with Gasteiger partial charge in [0.15, 0.2) is 11.5 Å². The molecule has 0 unspecified atom stereocenters. The lowest BCUT2D eigenvalue weighted by Gasteiger charge is -2.17. The molecule has 0 spiro atoms. The first-order valence-corrected chi connectivity index (χ1v) is 8.02. The van der Waals surface area contributed by atoms with E-state index in [-0.39, 0.29) is 17.4 Å². The Bertz CT molecular complexity index is 727. The lowest BCUT2D eigenvalue weighted by atomic mass is 9.93. The predicted octanol–water partition coefficient (Wildman–Crippen LogP) is 4.24.